The summed E-state index contributed by atoms with van der Waals surface area (Å²) in [5, 5.41) is -2.98. The van der Waals surface area contributed by atoms with E-state index in [1.165, 1.54) is 24.3 Å². The molecule has 3 nitrogen and oxygen atoms in total. The lowest BCUT2D eigenvalue weighted by Crippen LogP contribution is -2.25. The minimum Gasteiger partial charge on any atom is -0.311 e. The predicted molar refractivity (Wildman–Crippen MR) is 216 cm³/mol. The third-order valence-electron chi connectivity index (χ3n) is 8.00. The van der Waals surface area contributed by atoms with Crippen LogP contribution < -0.4 is 20.8 Å². The Morgan fingerprint density at radius 1 is 0.490 bits per heavy atom. The summed E-state index contributed by atoms with van der Waals surface area (Å²) >= 11 is 0. The van der Waals surface area contributed by atoms with Gasteiger partial charge in [-0.2, -0.15) is 0 Å². The number of hydrogen-bond donors (Lipinski definition) is 0. The van der Waals surface area contributed by atoms with Gasteiger partial charge in [0.1, 0.15) is 0 Å². The van der Waals surface area contributed by atoms with Crippen molar-refractivity contribution in [3.05, 3.63) is 200 Å². The van der Waals surface area contributed by atoms with Crippen LogP contribution in [0.5, 0.6) is 0 Å². The second-order valence-electron chi connectivity index (χ2n) is 10.8. The Kier molecular flexibility index (Phi) is 3.67. The number of pyridine rings is 1. The van der Waals surface area contributed by atoms with Crippen LogP contribution in [0.25, 0.3) is 43.7 Å². The zero-order valence-electron chi connectivity index (χ0n) is 49.9. The number of benzene rings is 8. The molecule has 51 heavy (non-hydrogen) atoms. The van der Waals surface area contributed by atoms with Gasteiger partial charge in [-0.25, -0.2) is 4.98 Å². The van der Waals surface area contributed by atoms with E-state index in [9.17, 15) is 8.22 Å². The highest BCUT2D eigenvalue weighted by molar-refractivity contribution is 7.85. The smallest absolute Gasteiger partial charge is 0.171 e. The first-order chi connectivity index (χ1) is 35.1. The van der Waals surface area contributed by atoms with E-state index < -0.39 is 202 Å². The van der Waals surface area contributed by atoms with Crippen LogP contribution in [0.2, 0.25) is 0 Å². The average molecular weight is 697 g/mol. The summed E-state index contributed by atoms with van der Waals surface area (Å²) in [7, 11) is -5.51. The molecule has 0 amide bonds. The van der Waals surface area contributed by atoms with Crippen molar-refractivity contribution in [2.45, 2.75) is 0 Å². The van der Waals surface area contributed by atoms with Gasteiger partial charge in [-0.15, -0.1) is 0 Å². The molecule has 0 N–H and O–H groups in total. The van der Waals surface area contributed by atoms with Crippen molar-refractivity contribution in [3.63, 3.8) is 0 Å². The van der Waals surface area contributed by atoms with Crippen LogP contribution in [-0.2, 0) is 4.57 Å². The lowest BCUT2D eigenvalue weighted by Gasteiger charge is -2.25. The van der Waals surface area contributed by atoms with Crippen molar-refractivity contribution in [2.75, 3.05) is 4.90 Å². The number of hydrogen-bond acceptors (Lipinski definition) is 3. The molecule has 0 aliphatic heterocycles. The van der Waals surface area contributed by atoms with Crippen LogP contribution in [0.3, 0.4) is 0 Å². The molecule has 1 aromatic heterocycles. The van der Waals surface area contributed by atoms with Crippen LogP contribution in [-0.4, -0.2) is 4.98 Å². The molecule has 8 aromatic carbocycles. The Hall–Kier alpha value is -6.28. The van der Waals surface area contributed by atoms with E-state index in [2.05, 4.69) is 0 Å². The second-order valence-corrected chi connectivity index (χ2v) is 13.4. The van der Waals surface area contributed by atoms with Crippen molar-refractivity contribution >= 4 is 72.6 Å². The molecule has 0 bridgehead atoms. The lowest BCUT2D eigenvalue weighted by atomic mass is 9.95. The van der Waals surface area contributed by atoms with Crippen molar-refractivity contribution in [2.24, 2.45) is 0 Å². The van der Waals surface area contributed by atoms with E-state index in [-0.39, 0.29) is 27.1 Å². The van der Waals surface area contributed by atoms with Gasteiger partial charge in [-0.3, -0.25) is 0 Å². The lowest BCUT2D eigenvalue weighted by molar-refractivity contribution is 0.592. The van der Waals surface area contributed by atoms with E-state index in [0.717, 1.165) is 12.1 Å². The van der Waals surface area contributed by atoms with E-state index in [4.69, 9.17) is 29.7 Å². The Morgan fingerprint density at radius 3 is 1.73 bits per heavy atom. The van der Waals surface area contributed by atoms with Gasteiger partial charge in [-0.05, 0) is 59.1 Å². The van der Waals surface area contributed by atoms with Gasteiger partial charge in [-0.1, -0.05) is 151 Å². The molecule has 4 heteroatoms. The van der Waals surface area contributed by atoms with Crippen molar-refractivity contribution in [3.8, 4) is 11.3 Å². The summed E-state index contributed by atoms with van der Waals surface area (Å²) in [6.07, 6.45) is 0. The number of fused-ring (bicyclic) bond motifs is 5. The largest absolute Gasteiger partial charge is 0.311 e. The monoisotopic (exact) mass is 696 g/mol. The molecule has 0 saturated heterocycles. The van der Waals surface area contributed by atoms with Crippen molar-refractivity contribution in [1.82, 2.24) is 4.98 Å². The number of aromatic nitrogens is 1. The molecule has 0 radical (unpaired) electrons. The van der Waals surface area contributed by atoms with Gasteiger partial charge in [0, 0.05) is 54.7 Å². The molecular formula is C47H33N2OP. The molecule has 9 aromatic rings. The van der Waals surface area contributed by atoms with Gasteiger partial charge in [0.25, 0.3) is 0 Å². The first-order valence-corrected chi connectivity index (χ1v) is 16.9. The molecule has 9 rings (SSSR count). The van der Waals surface area contributed by atoms with Gasteiger partial charge in [0.05, 0.1) is 44.1 Å². The van der Waals surface area contributed by atoms with Gasteiger partial charge < -0.3 is 9.46 Å². The Morgan fingerprint density at radius 2 is 1.06 bits per heavy atom. The maximum absolute atomic E-state index is 17.0. The first-order valence-electron chi connectivity index (χ1n) is 27.2. The molecule has 1 heterocycles. The normalized spacial score (nSPS) is 18.2. The highest BCUT2D eigenvalue weighted by Gasteiger charge is 2.32. The fraction of sp³-hybridized carbons (Fsp3) is 0. The molecular weight excluding hydrogens is 640 g/mol. The molecule has 0 aliphatic rings. The number of para-hydroxylation sites is 3. The quantitative estimate of drug-likeness (QED) is 0.123. The second kappa shape index (κ2) is 12.9. The van der Waals surface area contributed by atoms with E-state index in [1.807, 2.05) is 0 Å². The van der Waals surface area contributed by atoms with Crippen molar-refractivity contribution < 1.29 is 37.5 Å². The van der Waals surface area contributed by atoms with Gasteiger partial charge >= 0.3 is 0 Å². The predicted octanol–water partition coefficient (Wildman–Crippen LogP) is 11.3. The molecule has 0 spiro atoms. The minimum absolute atomic E-state index is 0.00783. The van der Waals surface area contributed by atoms with Crippen LogP contribution in [0.4, 0.5) is 17.1 Å². The minimum atomic E-state index is -5.51. The van der Waals surface area contributed by atoms with E-state index in [1.54, 1.807) is 18.2 Å². The van der Waals surface area contributed by atoms with Gasteiger partial charge in [0.15, 0.2) is 7.14 Å². The summed E-state index contributed by atoms with van der Waals surface area (Å²) in [6.45, 7) is 0. The van der Waals surface area contributed by atoms with Crippen LogP contribution in [0.15, 0.2) is 200 Å². The summed E-state index contributed by atoms with van der Waals surface area (Å²) in [5.74, 6) is 0. The SMILES string of the molecule is [2H]c1cc([2H])c(P(=O)(c2c([2H])cc([2H])c([2H])c2[2H])c2c([2H])c3c(-c4c([2H])c([2H])c(N(c5c([2H])c([2H])c([2H])c([2H])c5[2H])c5c([2H])c([2H])c([2H])c([2H])c5[2H])c([2H])c4[2H])nc4ccccc4c3c3cccc([2H])c23)c([2H])c1[2H]. The van der Waals surface area contributed by atoms with E-state index >= 15 is 4.57 Å². The maximum Gasteiger partial charge on any atom is 0.171 e. The highest BCUT2D eigenvalue weighted by atomic mass is 31.2. The highest BCUT2D eigenvalue weighted by Crippen LogP contribution is 2.47. The van der Waals surface area contributed by atoms with Crippen LogP contribution in [0, 0.1) is 0 Å². The average Bonchev–Trinajstić information content (AvgIpc) is 3.37. The molecule has 0 saturated carbocycles. The van der Waals surface area contributed by atoms with Gasteiger partial charge in [0.2, 0.25) is 0 Å². The zero-order chi connectivity index (χ0) is 55.1. The third-order valence-corrected chi connectivity index (χ3v) is 10.7. The Balaban J connectivity index is 1.52. The number of anilines is 3. The first kappa shape index (κ1) is 14.5. The zero-order valence-corrected chi connectivity index (χ0v) is 26.8. The third kappa shape index (κ3) is 5.31. The molecule has 0 atom stereocenters. The van der Waals surface area contributed by atoms with Crippen LogP contribution >= 0.6 is 7.14 Å². The van der Waals surface area contributed by atoms with Crippen LogP contribution in [0.1, 0.15) is 32.9 Å². The molecule has 0 fully saturated rings. The summed E-state index contributed by atoms with van der Waals surface area (Å²) in [6, 6.07) is -10.2. The maximum atomic E-state index is 17.0. The Bertz CT molecular complexity index is 3910. The summed E-state index contributed by atoms with van der Waals surface area (Å²) in [4.78, 5) is 5.24. The fourth-order valence-electron chi connectivity index (χ4n) is 5.85. The summed E-state index contributed by atoms with van der Waals surface area (Å²) in [5.41, 5.74) is -4.01. The number of nitrogens with zero attached hydrogens (tertiary/aromatic N) is 2. The van der Waals surface area contributed by atoms with Crippen molar-refractivity contribution in [1.29, 1.82) is 0 Å². The molecule has 0 aliphatic carbocycles. The van der Waals surface area contributed by atoms with E-state index in [0.29, 0.717) is 4.90 Å². The topological polar surface area (TPSA) is 33.2 Å². The Labute approximate surface area is 331 Å². The fourth-order valence-corrected chi connectivity index (χ4v) is 8.21. The molecule has 242 valence electrons. The molecule has 0 unspecified atom stereocenters. The number of rotatable bonds is 7. The standard InChI is InChI=1S/C47H33N2OP/c50-51(38-21-9-3-10-22-38,39-23-11-4-12-24-39)45-33-43-46(41-26-14-13-25-40(41)45)42-27-15-16-28-44(42)48-47(43)34-29-31-37(32-30-34)49(35-17-5-1-6-18-35)36-19-7-2-8-20-36/h1-33H/i1D,2D,3D,4D,5D,6D,7D,8D,9D,11D,17D,18D,19D,20D,21D,22D,23D,24D,25D,29D,30D,31D,32D,33D. The summed E-state index contributed by atoms with van der Waals surface area (Å²) < 4.78 is 232.